The number of amides is 2. The van der Waals surface area contributed by atoms with Crippen LogP contribution in [0.4, 0.5) is 4.79 Å². The number of aromatic nitrogens is 1. The van der Waals surface area contributed by atoms with Gasteiger partial charge in [-0.25, -0.2) is 9.79 Å². The summed E-state index contributed by atoms with van der Waals surface area (Å²) in [6.07, 6.45) is 6.60. The summed E-state index contributed by atoms with van der Waals surface area (Å²) in [5.74, 6) is 0.369. The fourth-order valence-electron chi connectivity index (χ4n) is 4.92. The number of nitrogens with one attached hydrogen (secondary N) is 2. The third-order valence-electron chi connectivity index (χ3n) is 6.13. The van der Waals surface area contributed by atoms with Gasteiger partial charge in [-0.1, -0.05) is 18.2 Å². The van der Waals surface area contributed by atoms with Gasteiger partial charge in [0, 0.05) is 60.8 Å². The molecule has 1 aromatic heterocycles. The highest BCUT2D eigenvalue weighted by Gasteiger charge is 2.41. The lowest BCUT2D eigenvalue weighted by molar-refractivity contribution is 0.0478. The average Bonchev–Trinajstić information content (AvgIpc) is 3.11. The summed E-state index contributed by atoms with van der Waals surface area (Å²) in [7, 11) is 0. The summed E-state index contributed by atoms with van der Waals surface area (Å²) in [4.78, 5) is 21.3. The minimum atomic E-state index is -0.748. The van der Waals surface area contributed by atoms with Crippen molar-refractivity contribution in [1.82, 2.24) is 15.2 Å². The zero-order valence-corrected chi connectivity index (χ0v) is 16.3. The second-order valence-corrected chi connectivity index (χ2v) is 7.80. The summed E-state index contributed by atoms with van der Waals surface area (Å²) >= 11 is 0. The Kier molecular flexibility index (Phi) is 5.33. The second-order valence-electron chi connectivity index (χ2n) is 7.80. The maximum Gasteiger partial charge on any atom is 0.340 e. The van der Waals surface area contributed by atoms with Crippen LogP contribution in [-0.4, -0.2) is 59.0 Å². The number of carbonyl (C=O) groups is 1. The molecule has 0 bridgehead atoms. The molecule has 2 aliphatic rings. The number of rotatable bonds is 5. The fourth-order valence-corrected chi connectivity index (χ4v) is 4.92. The molecular formula is C22H28N4O2. The van der Waals surface area contributed by atoms with E-state index in [1.165, 1.54) is 28.2 Å². The molecule has 28 heavy (non-hydrogen) atoms. The number of nitrogens with zero attached hydrogens (tertiary/aromatic N) is 2. The summed E-state index contributed by atoms with van der Waals surface area (Å²) in [6.45, 7) is 7.85. The Hall–Kier alpha value is -2.44. The van der Waals surface area contributed by atoms with Crippen molar-refractivity contribution in [3.63, 3.8) is 0 Å². The van der Waals surface area contributed by atoms with E-state index in [0.29, 0.717) is 18.5 Å². The molecular weight excluding hydrogens is 352 g/mol. The van der Waals surface area contributed by atoms with Crippen LogP contribution in [0.5, 0.6) is 0 Å². The summed E-state index contributed by atoms with van der Waals surface area (Å²) in [5.41, 5.74) is 3.91. The number of aliphatic hydroxyl groups is 1. The molecule has 2 heterocycles. The average molecular weight is 380 g/mol. The largest absolute Gasteiger partial charge is 0.387 e. The molecule has 4 atom stereocenters. The van der Waals surface area contributed by atoms with Crippen molar-refractivity contribution in [3.8, 4) is 0 Å². The molecule has 1 aromatic carbocycles. The van der Waals surface area contributed by atoms with Crippen LogP contribution in [0.1, 0.15) is 30.4 Å². The number of aromatic amines is 1. The normalized spacial score (nSPS) is 25.6. The number of aliphatic imine (C=N–C) groups is 1. The molecule has 1 saturated heterocycles. The molecule has 0 radical (unpaired) electrons. The zero-order chi connectivity index (χ0) is 19.7. The van der Waals surface area contributed by atoms with Gasteiger partial charge in [0.15, 0.2) is 0 Å². The molecule has 0 saturated carbocycles. The fraction of sp³-hybridized carbons (Fsp3) is 0.455. The minimum absolute atomic E-state index is 0.0233. The van der Waals surface area contributed by atoms with Gasteiger partial charge in [0.1, 0.15) is 0 Å². The molecule has 2 aromatic rings. The van der Waals surface area contributed by atoms with Crippen LogP contribution < -0.4 is 5.32 Å². The van der Waals surface area contributed by atoms with E-state index >= 15 is 0 Å². The highest BCUT2D eigenvalue weighted by molar-refractivity contribution is 5.88. The third kappa shape index (κ3) is 3.38. The first-order chi connectivity index (χ1) is 13.6. The number of benzene rings is 1. The van der Waals surface area contributed by atoms with E-state index in [1.54, 1.807) is 0 Å². The number of urea groups is 1. The van der Waals surface area contributed by atoms with Crippen LogP contribution in [0.3, 0.4) is 0 Å². The van der Waals surface area contributed by atoms with Gasteiger partial charge >= 0.3 is 6.03 Å². The predicted molar refractivity (Wildman–Crippen MR) is 112 cm³/mol. The minimum Gasteiger partial charge on any atom is -0.387 e. The number of aliphatic hydroxyl groups excluding tert-OH is 1. The Morgan fingerprint density at radius 3 is 3.18 bits per heavy atom. The van der Waals surface area contributed by atoms with Gasteiger partial charge in [-0.2, -0.15) is 0 Å². The van der Waals surface area contributed by atoms with Gasteiger partial charge in [0.2, 0.25) is 0 Å². The number of likely N-dealkylation sites (tertiary alicyclic amines) is 1. The van der Waals surface area contributed by atoms with Crippen molar-refractivity contribution in [2.45, 2.75) is 37.8 Å². The molecule has 6 heteroatoms. The number of carbonyl (C=O) groups excluding carboxylic acids is 1. The van der Waals surface area contributed by atoms with Gasteiger partial charge in [-0.15, -0.1) is 6.58 Å². The van der Waals surface area contributed by atoms with Crippen LogP contribution >= 0.6 is 0 Å². The van der Waals surface area contributed by atoms with Gasteiger partial charge in [0.05, 0.1) is 6.10 Å². The van der Waals surface area contributed by atoms with Gasteiger partial charge < -0.3 is 15.4 Å². The molecule has 148 valence electrons. The Bertz CT molecular complexity index is 903. The summed E-state index contributed by atoms with van der Waals surface area (Å²) < 4.78 is 0. The third-order valence-corrected chi connectivity index (χ3v) is 6.13. The van der Waals surface area contributed by atoms with Crippen LogP contribution in [0.15, 0.2) is 42.0 Å². The first-order valence-electron chi connectivity index (χ1n) is 10.1. The molecule has 6 nitrogen and oxygen atoms in total. The van der Waals surface area contributed by atoms with Crippen LogP contribution in [0.25, 0.3) is 10.9 Å². The molecule has 2 amide bonds. The number of fused-ring (bicyclic) bond motifs is 2. The molecule has 1 aliphatic carbocycles. The molecule has 3 N–H and O–H groups in total. The number of H-pyrrole nitrogens is 1. The van der Waals surface area contributed by atoms with Gasteiger partial charge in [0.25, 0.3) is 0 Å². The van der Waals surface area contributed by atoms with Crippen molar-refractivity contribution < 1.29 is 9.90 Å². The van der Waals surface area contributed by atoms with Crippen molar-refractivity contribution in [2.24, 2.45) is 10.9 Å². The highest BCUT2D eigenvalue weighted by atomic mass is 16.3. The first kappa shape index (κ1) is 18.9. The van der Waals surface area contributed by atoms with Crippen molar-refractivity contribution >= 4 is 23.1 Å². The van der Waals surface area contributed by atoms with Crippen LogP contribution in [-0.2, 0) is 6.42 Å². The summed E-state index contributed by atoms with van der Waals surface area (Å²) in [6, 6.07) is 6.45. The maximum atomic E-state index is 11.6. The molecule has 1 aliphatic heterocycles. The van der Waals surface area contributed by atoms with Crippen molar-refractivity contribution in [2.75, 3.05) is 19.6 Å². The van der Waals surface area contributed by atoms with E-state index in [0.717, 1.165) is 25.9 Å². The zero-order valence-electron chi connectivity index (χ0n) is 16.3. The lowest BCUT2D eigenvalue weighted by Crippen LogP contribution is -2.52. The monoisotopic (exact) mass is 380 g/mol. The Labute approximate surface area is 165 Å². The van der Waals surface area contributed by atoms with Crippen LogP contribution in [0, 0.1) is 5.92 Å². The Morgan fingerprint density at radius 2 is 2.39 bits per heavy atom. The Balaban J connectivity index is 1.62. The van der Waals surface area contributed by atoms with Crippen molar-refractivity contribution in [3.05, 3.63) is 48.2 Å². The highest BCUT2D eigenvalue weighted by Crippen LogP contribution is 2.45. The van der Waals surface area contributed by atoms with E-state index < -0.39 is 12.1 Å². The smallest absolute Gasteiger partial charge is 0.340 e. The maximum absolute atomic E-state index is 11.6. The standard InChI is InChI=1S/C22H28N4O2/c1-3-8-26-13-15(20(27)12-25-22(28)23-4-2)9-17-16-6-5-7-18-21(16)14(11-24-18)10-19(17)26/h3,5-7,11-12,15,17,19-20,24,27H,1,4,8-10,13H2,2H3,(H,23,28)/t15-,17-,19-,20?/m1/s1. The quantitative estimate of drug-likeness (QED) is 0.551. The Morgan fingerprint density at radius 1 is 1.54 bits per heavy atom. The molecule has 1 unspecified atom stereocenters. The first-order valence-corrected chi connectivity index (χ1v) is 10.1. The van der Waals surface area contributed by atoms with Crippen LogP contribution in [0.2, 0.25) is 0 Å². The lowest BCUT2D eigenvalue weighted by Gasteiger charge is -2.47. The second kappa shape index (κ2) is 7.89. The van der Waals surface area contributed by atoms with Gasteiger partial charge in [-0.3, -0.25) is 4.90 Å². The lowest BCUT2D eigenvalue weighted by atomic mass is 9.71. The van der Waals surface area contributed by atoms with E-state index in [-0.39, 0.29) is 5.92 Å². The van der Waals surface area contributed by atoms with E-state index in [9.17, 15) is 9.90 Å². The number of hydrogen-bond donors (Lipinski definition) is 3. The predicted octanol–water partition coefficient (Wildman–Crippen LogP) is 2.85. The molecule has 0 spiro atoms. The topological polar surface area (TPSA) is 80.7 Å². The van der Waals surface area contributed by atoms with E-state index in [4.69, 9.17) is 0 Å². The van der Waals surface area contributed by atoms with E-state index in [1.807, 2.05) is 13.0 Å². The van der Waals surface area contributed by atoms with Crippen molar-refractivity contribution in [1.29, 1.82) is 0 Å². The number of piperidine rings is 1. The van der Waals surface area contributed by atoms with E-state index in [2.05, 4.69) is 51.2 Å². The number of hydrogen-bond acceptors (Lipinski definition) is 3. The van der Waals surface area contributed by atoms with Gasteiger partial charge in [-0.05, 0) is 37.0 Å². The molecule has 4 rings (SSSR count). The summed E-state index contributed by atoms with van der Waals surface area (Å²) in [5, 5.41) is 14.7. The molecule has 1 fully saturated rings. The SMILES string of the molecule is C=CCN1C[C@H](C(O)C=NC(=O)NCC)C[C@@H]2c3cccc4[nH]cc(c34)C[C@H]21.